The Bertz CT molecular complexity index is 522. The van der Waals surface area contributed by atoms with Crippen LogP contribution in [0.3, 0.4) is 0 Å². The van der Waals surface area contributed by atoms with Crippen molar-refractivity contribution in [2.24, 2.45) is 0 Å². The van der Waals surface area contributed by atoms with Crippen molar-refractivity contribution in [3.05, 3.63) is 49.0 Å². The molecule has 0 radical (unpaired) electrons. The highest BCUT2D eigenvalue weighted by molar-refractivity contribution is 9.11. The van der Waals surface area contributed by atoms with Crippen LogP contribution in [0.1, 0.15) is 23.4 Å². The number of hydrogen-bond acceptors (Lipinski definition) is 2. The first-order valence-corrected chi connectivity index (χ1v) is 7.80. The van der Waals surface area contributed by atoms with Gasteiger partial charge in [-0.15, -0.1) is 11.3 Å². The lowest BCUT2D eigenvalue weighted by molar-refractivity contribution is 0.901. The lowest BCUT2D eigenvalue weighted by Crippen LogP contribution is -2.05. The van der Waals surface area contributed by atoms with Crippen molar-refractivity contribution in [1.82, 2.24) is 0 Å². The number of thiophene rings is 1. The summed E-state index contributed by atoms with van der Waals surface area (Å²) in [6.07, 6.45) is 0. The Balaban J connectivity index is 2.19. The van der Waals surface area contributed by atoms with Crippen LogP contribution >= 0.6 is 43.2 Å². The molecule has 1 nitrogen and oxygen atoms in total. The highest BCUT2D eigenvalue weighted by Gasteiger charge is 2.11. The van der Waals surface area contributed by atoms with E-state index in [0.717, 1.165) is 10.2 Å². The number of aryl methyl sites for hydroxylation is 1. The van der Waals surface area contributed by atoms with Crippen LogP contribution in [0.2, 0.25) is 0 Å². The fraction of sp³-hybridized carbons (Fsp3) is 0.231. The molecular weight excluding hydrogens is 362 g/mol. The zero-order valence-corrected chi connectivity index (χ0v) is 13.6. The van der Waals surface area contributed by atoms with Gasteiger partial charge in [-0.25, -0.2) is 0 Å². The van der Waals surface area contributed by atoms with Gasteiger partial charge < -0.3 is 5.32 Å². The molecule has 0 saturated carbocycles. The van der Waals surface area contributed by atoms with E-state index in [1.165, 1.54) is 14.9 Å². The highest BCUT2D eigenvalue weighted by Crippen LogP contribution is 2.33. The van der Waals surface area contributed by atoms with E-state index < -0.39 is 0 Å². The van der Waals surface area contributed by atoms with Crippen molar-refractivity contribution >= 4 is 48.9 Å². The third kappa shape index (κ3) is 3.12. The molecule has 90 valence electrons. The fourth-order valence-corrected chi connectivity index (χ4v) is 3.98. The fourth-order valence-electron chi connectivity index (χ4n) is 1.65. The van der Waals surface area contributed by atoms with Gasteiger partial charge >= 0.3 is 0 Å². The van der Waals surface area contributed by atoms with Crippen molar-refractivity contribution in [3.63, 3.8) is 0 Å². The molecule has 1 unspecified atom stereocenters. The minimum Gasteiger partial charge on any atom is -0.377 e. The monoisotopic (exact) mass is 373 g/mol. The van der Waals surface area contributed by atoms with Gasteiger partial charge in [0, 0.05) is 19.5 Å². The first-order valence-electron chi connectivity index (χ1n) is 5.33. The van der Waals surface area contributed by atoms with Crippen molar-refractivity contribution in [1.29, 1.82) is 0 Å². The van der Waals surface area contributed by atoms with Crippen LogP contribution in [0.4, 0.5) is 5.69 Å². The van der Waals surface area contributed by atoms with Crippen LogP contribution in [0.5, 0.6) is 0 Å². The quantitative estimate of drug-likeness (QED) is 0.720. The number of halogens is 2. The maximum atomic E-state index is 3.59. The molecule has 0 amide bonds. The Kier molecular flexibility index (Phi) is 4.28. The predicted octanol–water partition coefficient (Wildman–Crippen LogP) is 5.75. The topological polar surface area (TPSA) is 12.0 Å². The summed E-state index contributed by atoms with van der Waals surface area (Å²) >= 11 is 8.92. The summed E-state index contributed by atoms with van der Waals surface area (Å²) in [5, 5.41) is 5.61. The molecule has 17 heavy (non-hydrogen) atoms. The van der Waals surface area contributed by atoms with Gasteiger partial charge in [0.1, 0.15) is 0 Å². The smallest absolute Gasteiger partial charge is 0.0590 e. The van der Waals surface area contributed by atoms with Crippen molar-refractivity contribution in [2.75, 3.05) is 5.32 Å². The van der Waals surface area contributed by atoms with Crippen molar-refractivity contribution in [2.45, 2.75) is 19.9 Å². The van der Waals surface area contributed by atoms with E-state index in [1.54, 1.807) is 11.3 Å². The van der Waals surface area contributed by atoms with Gasteiger partial charge in [0.05, 0.1) is 6.04 Å². The molecule has 0 saturated heterocycles. The van der Waals surface area contributed by atoms with Gasteiger partial charge in [-0.1, -0.05) is 6.07 Å². The van der Waals surface area contributed by atoms with Crippen LogP contribution in [0, 0.1) is 6.92 Å². The number of benzene rings is 1. The Morgan fingerprint density at radius 2 is 1.94 bits per heavy atom. The second-order valence-corrected chi connectivity index (χ2v) is 6.64. The summed E-state index contributed by atoms with van der Waals surface area (Å²) in [5.74, 6) is 0. The summed E-state index contributed by atoms with van der Waals surface area (Å²) in [5.41, 5.74) is 2.38. The third-order valence-corrected chi connectivity index (χ3v) is 5.24. The predicted molar refractivity (Wildman–Crippen MR) is 82.9 cm³/mol. The summed E-state index contributed by atoms with van der Waals surface area (Å²) in [6, 6.07) is 8.73. The molecule has 4 heteroatoms. The summed E-state index contributed by atoms with van der Waals surface area (Å²) in [6.45, 7) is 4.26. The number of hydrogen-bond donors (Lipinski definition) is 1. The van der Waals surface area contributed by atoms with Crippen LogP contribution < -0.4 is 5.32 Å². The minimum atomic E-state index is 0.295. The molecule has 0 aliphatic heterocycles. The average Bonchev–Trinajstić information content (AvgIpc) is 2.68. The molecule has 2 rings (SSSR count). The van der Waals surface area contributed by atoms with Crippen molar-refractivity contribution in [3.8, 4) is 0 Å². The number of rotatable bonds is 3. The second-order valence-electron chi connectivity index (χ2n) is 3.98. The Morgan fingerprint density at radius 3 is 2.53 bits per heavy atom. The van der Waals surface area contributed by atoms with E-state index in [2.05, 4.69) is 80.7 Å². The molecular formula is C13H13Br2NS. The van der Waals surface area contributed by atoms with Gasteiger partial charge in [-0.2, -0.15) is 0 Å². The number of anilines is 1. The molecule has 0 aliphatic carbocycles. The van der Waals surface area contributed by atoms with Crippen LogP contribution in [0.15, 0.2) is 38.6 Å². The Labute approximate surface area is 123 Å². The van der Waals surface area contributed by atoms with E-state index in [0.29, 0.717) is 6.04 Å². The molecule has 0 fully saturated rings. The number of nitrogens with one attached hydrogen (secondary N) is 1. The van der Waals surface area contributed by atoms with Gasteiger partial charge in [0.25, 0.3) is 0 Å². The molecule has 2 aromatic rings. The molecule has 1 atom stereocenters. The minimum absolute atomic E-state index is 0.295. The Hall–Kier alpha value is -0.320. The van der Waals surface area contributed by atoms with Crippen LogP contribution in [-0.4, -0.2) is 0 Å². The molecule has 0 bridgehead atoms. The molecule has 1 aromatic heterocycles. The zero-order valence-electron chi connectivity index (χ0n) is 9.63. The van der Waals surface area contributed by atoms with Gasteiger partial charge in [-0.05, 0) is 74.8 Å². The lowest BCUT2D eigenvalue weighted by atomic mass is 10.2. The zero-order chi connectivity index (χ0) is 12.4. The van der Waals surface area contributed by atoms with E-state index in [4.69, 9.17) is 0 Å². The first-order chi connectivity index (χ1) is 8.08. The summed E-state index contributed by atoms with van der Waals surface area (Å²) < 4.78 is 2.28. The maximum Gasteiger partial charge on any atom is 0.0590 e. The first kappa shape index (κ1) is 13.1. The van der Waals surface area contributed by atoms with E-state index in [9.17, 15) is 0 Å². The molecule has 1 aromatic carbocycles. The SMILES string of the molecule is Cc1ccc(NC(C)c2sccc2Br)c(Br)c1. The Morgan fingerprint density at radius 1 is 1.18 bits per heavy atom. The van der Waals surface area contributed by atoms with Gasteiger partial charge in [0.2, 0.25) is 0 Å². The van der Waals surface area contributed by atoms with E-state index >= 15 is 0 Å². The highest BCUT2D eigenvalue weighted by atomic mass is 79.9. The molecule has 1 N–H and O–H groups in total. The van der Waals surface area contributed by atoms with Crippen LogP contribution in [0.25, 0.3) is 0 Å². The standard InChI is InChI=1S/C13H13Br2NS/c1-8-3-4-12(11(15)7-8)16-9(2)13-10(14)5-6-17-13/h3-7,9,16H,1-2H3. The summed E-state index contributed by atoms with van der Waals surface area (Å²) in [7, 11) is 0. The van der Waals surface area contributed by atoms with E-state index in [-0.39, 0.29) is 0 Å². The van der Waals surface area contributed by atoms with Crippen LogP contribution in [-0.2, 0) is 0 Å². The largest absolute Gasteiger partial charge is 0.377 e. The second kappa shape index (κ2) is 5.55. The van der Waals surface area contributed by atoms with Gasteiger partial charge in [-0.3, -0.25) is 0 Å². The normalized spacial score (nSPS) is 12.5. The third-order valence-electron chi connectivity index (χ3n) is 2.53. The molecule has 0 spiro atoms. The van der Waals surface area contributed by atoms with E-state index in [1.807, 2.05) is 0 Å². The lowest BCUT2D eigenvalue weighted by Gasteiger charge is -2.16. The summed E-state index contributed by atoms with van der Waals surface area (Å²) in [4.78, 5) is 1.32. The molecule has 0 aliphatic rings. The maximum absolute atomic E-state index is 3.59. The average molecular weight is 375 g/mol. The van der Waals surface area contributed by atoms with Gasteiger partial charge in [0.15, 0.2) is 0 Å². The molecule has 1 heterocycles. The van der Waals surface area contributed by atoms with Crippen molar-refractivity contribution < 1.29 is 0 Å².